The van der Waals surface area contributed by atoms with Crippen LogP contribution in [0.15, 0.2) is 10.9 Å². The summed E-state index contributed by atoms with van der Waals surface area (Å²) in [4.78, 5) is 31.1. The lowest BCUT2D eigenvalue weighted by atomic mass is 9.66. The first-order valence-electron chi connectivity index (χ1n) is 9.63. The number of likely N-dealkylation sites (tertiary alicyclic amines) is 1. The van der Waals surface area contributed by atoms with Gasteiger partial charge in [-0.3, -0.25) is 9.59 Å². The molecule has 1 spiro atoms. The molecule has 2 amide bonds. The summed E-state index contributed by atoms with van der Waals surface area (Å²) < 4.78 is 0. The second-order valence-corrected chi connectivity index (χ2v) is 8.78. The Morgan fingerprint density at radius 2 is 2.08 bits per heavy atom. The van der Waals surface area contributed by atoms with Crippen molar-refractivity contribution in [1.29, 1.82) is 0 Å². The maximum atomic E-state index is 12.8. The second kappa shape index (κ2) is 7.06. The standard InChI is InChI=1S/C19H27N3O2S/c23-17(21-15-5-6-15)7-4-14-10-22(18(24)16-11-25-13-20-16)12-19(14)8-2-1-3-9-19/h11,13-15H,1-10,12H2,(H,21,23). The highest BCUT2D eigenvalue weighted by Gasteiger charge is 2.48. The third kappa shape index (κ3) is 3.73. The van der Waals surface area contributed by atoms with E-state index in [2.05, 4.69) is 10.3 Å². The highest BCUT2D eigenvalue weighted by molar-refractivity contribution is 7.07. The van der Waals surface area contributed by atoms with Gasteiger partial charge in [0.05, 0.1) is 5.51 Å². The van der Waals surface area contributed by atoms with Crippen LogP contribution >= 0.6 is 11.3 Å². The van der Waals surface area contributed by atoms with Crippen molar-refractivity contribution in [1.82, 2.24) is 15.2 Å². The summed E-state index contributed by atoms with van der Waals surface area (Å²) >= 11 is 1.47. The maximum absolute atomic E-state index is 12.8. The third-order valence-corrected chi connectivity index (χ3v) is 6.85. The molecule has 1 atom stereocenters. The minimum Gasteiger partial charge on any atom is -0.353 e. The van der Waals surface area contributed by atoms with E-state index in [9.17, 15) is 9.59 Å². The number of nitrogens with one attached hydrogen (secondary N) is 1. The molecule has 0 bridgehead atoms. The molecular weight excluding hydrogens is 334 g/mol. The van der Waals surface area contributed by atoms with E-state index in [1.807, 2.05) is 10.3 Å². The first kappa shape index (κ1) is 17.0. The maximum Gasteiger partial charge on any atom is 0.273 e. The van der Waals surface area contributed by atoms with E-state index < -0.39 is 0 Å². The SMILES string of the molecule is O=C(CCC1CN(C(=O)c2cscn2)CC12CCCCC2)NC1CC1. The Morgan fingerprint density at radius 3 is 2.76 bits per heavy atom. The van der Waals surface area contributed by atoms with Crippen molar-refractivity contribution < 1.29 is 9.59 Å². The van der Waals surface area contributed by atoms with Gasteiger partial charge in [-0.05, 0) is 43.4 Å². The minimum absolute atomic E-state index is 0.0659. The molecule has 4 rings (SSSR count). The van der Waals surface area contributed by atoms with Gasteiger partial charge in [0.15, 0.2) is 0 Å². The molecular formula is C19H27N3O2S. The molecule has 25 heavy (non-hydrogen) atoms. The quantitative estimate of drug-likeness (QED) is 0.876. The van der Waals surface area contributed by atoms with Crippen molar-refractivity contribution in [2.75, 3.05) is 13.1 Å². The van der Waals surface area contributed by atoms with E-state index in [0.717, 1.165) is 32.4 Å². The summed E-state index contributed by atoms with van der Waals surface area (Å²) in [5.41, 5.74) is 2.52. The Balaban J connectivity index is 1.43. The Hall–Kier alpha value is -1.43. The first-order chi connectivity index (χ1) is 12.2. The lowest BCUT2D eigenvalue weighted by Gasteiger charge is -2.38. The lowest BCUT2D eigenvalue weighted by molar-refractivity contribution is -0.121. The van der Waals surface area contributed by atoms with Crippen LogP contribution in [0.1, 0.15) is 68.3 Å². The molecule has 2 heterocycles. The molecule has 0 aromatic carbocycles. The summed E-state index contributed by atoms with van der Waals surface area (Å²) in [7, 11) is 0. The summed E-state index contributed by atoms with van der Waals surface area (Å²) in [5.74, 6) is 0.703. The number of hydrogen-bond donors (Lipinski definition) is 1. The minimum atomic E-state index is 0.0659. The molecule has 2 saturated carbocycles. The van der Waals surface area contributed by atoms with E-state index in [4.69, 9.17) is 0 Å². The molecule has 1 N–H and O–H groups in total. The molecule has 1 unspecified atom stereocenters. The Kier molecular flexibility index (Phi) is 4.80. The topological polar surface area (TPSA) is 62.3 Å². The van der Waals surface area contributed by atoms with Crippen molar-refractivity contribution in [3.05, 3.63) is 16.6 Å². The largest absolute Gasteiger partial charge is 0.353 e. The number of carbonyl (C=O) groups is 2. The van der Waals surface area contributed by atoms with E-state index in [1.165, 1.54) is 43.4 Å². The predicted octanol–water partition coefficient (Wildman–Crippen LogP) is 3.22. The van der Waals surface area contributed by atoms with E-state index >= 15 is 0 Å². The molecule has 2 aliphatic carbocycles. The van der Waals surface area contributed by atoms with Gasteiger partial charge in [-0.25, -0.2) is 4.98 Å². The van der Waals surface area contributed by atoms with Gasteiger partial charge in [0.25, 0.3) is 5.91 Å². The monoisotopic (exact) mass is 361 g/mol. The molecule has 5 nitrogen and oxygen atoms in total. The van der Waals surface area contributed by atoms with Crippen LogP contribution in [0.2, 0.25) is 0 Å². The second-order valence-electron chi connectivity index (χ2n) is 8.06. The average Bonchev–Trinajstić information content (AvgIpc) is 3.13. The van der Waals surface area contributed by atoms with Crippen LogP contribution in [-0.2, 0) is 4.79 Å². The molecule has 1 aromatic rings. The summed E-state index contributed by atoms with van der Waals surface area (Å²) in [5, 5.41) is 4.94. The smallest absolute Gasteiger partial charge is 0.273 e. The predicted molar refractivity (Wildman–Crippen MR) is 97.4 cm³/mol. The molecule has 3 aliphatic rings. The first-order valence-corrected chi connectivity index (χ1v) is 10.6. The summed E-state index contributed by atoms with van der Waals surface area (Å²) in [6, 6.07) is 0.433. The zero-order chi connectivity index (χ0) is 17.3. The third-order valence-electron chi connectivity index (χ3n) is 6.26. The number of aromatic nitrogens is 1. The normalized spacial score (nSPS) is 25.3. The van der Waals surface area contributed by atoms with Gasteiger partial charge in [0.2, 0.25) is 5.91 Å². The zero-order valence-corrected chi connectivity index (χ0v) is 15.5. The average molecular weight is 362 g/mol. The van der Waals surface area contributed by atoms with Crippen molar-refractivity contribution >= 4 is 23.2 Å². The highest BCUT2D eigenvalue weighted by Crippen LogP contribution is 2.49. The molecule has 6 heteroatoms. The van der Waals surface area contributed by atoms with Crippen LogP contribution in [0.3, 0.4) is 0 Å². The molecule has 1 saturated heterocycles. The van der Waals surface area contributed by atoms with Gasteiger partial charge in [-0.1, -0.05) is 19.3 Å². The van der Waals surface area contributed by atoms with E-state index in [1.54, 1.807) is 5.51 Å². The van der Waals surface area contributed by atoms with Crippen LogP contribution in [0, 0.1) is 11.3 Å². The Labute approximate surface area is 153 Å². The number of amides is 2. The van der Waals surface area contributed by atoms with E-state index in [-0.39, 0.29) is 17.2 Å². The molecule has 1 aromatic heterocycles. The van der Waals surface area contributed by atoms with Crippen LogP contribution in [-0.4, -0.2) is 40.8 Å². The van der Waals surface area contributed by atoms with Crippen molar-refractivity contribution in [3.8, 4) is 0 Å². The fourth-order valence-electron chi connectivity index (χ4n) is 4.72. The van der Waals surface area contributed by atoms with Crippen LogP contribution in [0.5, 0.6) is 0 Å². The van der Waals surface area contributed by atoms with Gasteiger partial charge in [0.1, 0.15) is 5.69 Å². The van der Waals surface area contributed by atoms with Crippen LogP contribution in [0.4, 0.5) is 0 Å². The molecule has 136 valence electrons. The Bertz CT molecular complexity index is 621. The number of nitrogens with zero attached hydrogens (tertiary/aromatic N) is 2. The number of thiazole rings is 1. The molecule has 1 aliphatic heterocycles. The van der Waals surface area contributed by atoms with Gasteiger partial charge < -0.3 is 10.2 Å². The van der Waals surface area contributed by atoms with E-state index in [0.29, 0.717) is 24.1 Å². The lowest BCUT2D eigenvalue weighted by Crippen LogP contribution is -2.35. The van der Waals surface area contributed by atoms with Crippen LogP contribution < -0.4 is 5.32 Å². The zero-order valence-electron chi connectivity index (χ0n) is 14.7. The number of carbonyl (C=O) groups excluding carboxylic acids is 2. The number of rotatable bonds is 5. The van der Waals surface area contributed by atoms with Crippen molar-refractivity contribution in [2.24, 2.45) is 11.3 Å². The van der Waals surface area contributed by atoms with Gasteiger partial charge in [0, 0.05) is 30.9 Å². The van der Waals surface area contributed by atoms with Crippen molar-refractivity contribution in [3.63, 3.8) is 0 Å². The summed E-state index contributed by atoms with van der Waals surface area (Å²) in [6.07, 6.45) is 9.97. The van der Waals surface area contributed by atoms with Crippen LogP contribution in [0.25, 0.3) is 0 Å². The summed E-state index contributed by atoms with van der Waals surface area (Å²) in [6.45, 7) is 1.63. The fraction of sp³-hybridized carbons (Fsp3) is 0.737. The Morgan fingerprint density at radius 1 is 1.28 bits per heavy atom. The number of hydrogen-bond acceptors (Lipinski definition) is 4. The van der Waals surface area contributed by atoms with Gasteiger partial charge in [-0.2, -0.15) is 0 Å². The highest BCUT2D eigenvalue weighted by atomic mass is 32.1. The van der Waals surface area contributed by atoms with Crippen molar-refractivity contribution in [2.45, 2.75) is 63.8 Å². The fourth-order valence-corrected chi connectivity index (χ4v) is 5.25. The molecule has 0 radical (unpaired) electrons. The molecule has 3 fully saturated rings. The van der Waals surface area contributed by atoms with Gasteiger partial charge >= 0.3 is 0 Å². The van der Waals surface area contributed by atoms with Gasteiger partial charge in [-0.15, -0.1) is 11.3 Å².